The summed E-state index contributed by atoms with van der Waals surface area (Å²) in [6, 6.07) is 21.2. The van der Waals surface area contributed by atoms with Crippen LogP contribution in [0.4, 0.5) is 29.2 Å². The van der Waals surface area contributed by atoms with Gasteiger partial charge in [-0.15, -0.1) is 0 Å². The first kappa shape index (κ1) is 61.8. The van der Waals surface area contributed by atoms with Crippen molar-refractivity contribution in [2.24, 2.45) is 0 Å². The third-order valence-electron chi connectivity index (χ3n) is 11.9. The number of nitrogen functional groups attached to an aromatic ring is 1. The lowest BCUT2D eigenvalue weighted by Gasteiger charge is -2.19. The van der Waals surface area contributed by atoms with Crippen LogP contribution in [0.25, 0.3) is 44.6 Å². The third-order valence-corrected chi connectivity index (χ3v) is 13.0. The van der Waals surface area contributed by atoms with Gasteiger partial charge in [-0.3, -0.25) is 28.7 Å². The number of carboxylic acids is 2. The number of hydrogen-bond acceptors (Lipinski definition) is 16. The minimum Gasteiger partial charge on any atom is -0.542 e. The summed E-state index contributed by atoms with van der Waals surface area (Å²) in [4.78, 5) is 85.8. The number of nitrogens with two attached hydrogens (primary N) is 1. The molecule has 3 aromatic carbocycles. The molecule has 1 aliphatic heterocycles. The van der Waals surface area contributed by atoms with E-state index >= 15 is 0 Å². The number of amides is 3. The molecule has 81 heavy (non-hydrogen) atoms. The number of imidazole rings is 1. The molecule has 1 aliphatic carbocycles. The zero-order chi connectivity index (χ0) is 59.0. The molecule has 5 aromatic rings. The molecule has 2 aromatic heterocycles. The van der Waals surface area contributed by atoms with Crippen molar-refractivity contribution in [1.29, 1.82) is 0 Å². The van der Waals surface area contributed by atoms with Gasteiger partial charge in [0, 0.05) is 93.0 Å². The largest absolute Gasteiger partial charge is 0.542 e. The molecule has 7 rings (SSSR count). The summed E-state index contributed by atoms with van der Waals surface area (Å²) in [5.74, 6) is -5.23. The van der Waals surface area contributed by atoms with Crippen LogP contribution in [0.15, 0.2) is 93.2 Å². The number of aromatic carboxylic acids is 1. The van der Waals surface area contributed by atoms with Crippen LogP contribution in [0.2, 0.25) is 0 Å². The van der Waals surface area contributed by atoms with Crippen LogP contribution >= 0.6 is 11.8 Å². The van der Waals surface area contributed by atoms with Crippen LogP contribution in [0.1, 0.15) is 46.0 Å². The molecule has 3 amide bonds. The molecule has 7 N–H and O–H groups in total. The lowest BCUT2D eigenvalue weighted by Crippen LogP contribution is -2.48. The Balaban J connectivity index is 0.00000141. The number of nitrogens with zero attached hydrogens (tertiary/aromatic N) is 5. The molecule has 0 saturated heterocycles. The van der Waals surface area contributed by atoms with E-state index in [1.807, 2.05) is 74.1 Å². The third kappa shape index (κ3) is 17.3. The number of aromatic nitrogens is 4. The van der Waals surface area contributed by atoms with Gasteiger partial charge in [0.15, 0.2) is 16.3 Å². The Labute approximate surface area is 464 Å². The van der Waals surface area contributed by atoms with Crippen LogP contribution in [0.3, 0.4) is 0 Å². The summed E-state index contributed by atoms with van der Waals surface area (Å²) in [5.41, 5.74) is 9.89. The number of carbonyl (C=O) groups is 5. The smallest absolute Gasteiger partial charge is 0.430 e. The van der Waals surface area contributed by atoms with Gasteiger partial charge in [0.25, 0.3) is 11.5 Å². The summed E-state index contributed by atoms with van der Waals surface area (Å²) in [6.45, 7) is 4.10. The number of hydrogen-bond donors (Lipinski definition) is 6. The number of carboxylic acid groups (broad SMARTS) is 2. The summed E-state index contributed by atoms with van der Waals surface area (Å²) in [5, 5.41) is 29.6. The number of nitrogens with one attached hydrogen (secondary N) is 4. The van der Waals surface area contributed by atoms with Gasteiger partial charge >= 0.3 is 12.1 Å². The Bertz CT molecular complexity index is 3470. The normalized spacial score (nSPS) is 11.7. The highest BCUT2D eigenvalue weighted by Crippen LogP contribution is 2.42. The van der Waals surface area contributed by atoms with E-state index in [-0.39, 0.29) is 47.1 Å². The molecule has 0 fully saturated rings. The van der Waals surface area contributed by atoms with Gasteiger partial charge in [-0.25, -0.2) is 18.7 Å². The molecule has 0 saturated carbocycles. The molecular formula is C54H60F4N10O12S. The number of anilines is 2. The molecule has 0 bridgehead atoms. The monoisotopic (exact) mass is 1150 g/mol. The van der Waals surface area contributed by atoms with Gasteiger partial charge in [-0.2, -0.15) is 18.2 Å². The SMILES string of the molecule is CC(=O)NC(CSc1nc2c(=O)[nH]c(N)nc2n1Cc1ccc(F)cc1)C(=O)NCCCOCCOCCOCCCNC(=O)c1ccc(-c2c3ccc(=[N+](C)C)cc-3oc3cc(N(C)C)ccc23)c(C(=O)O)c1.O=C([O-])C(F)(F)F. The van der Waals surface area contributed by atoms with Crippen LogP contribution in [0, 0.1) is 5.82 Å². The van der Waals surface area contributed by atoms with Gasteiger partial charge in [0.05, 0.1) is 44.6 Å². The van der Waals surface area contributed by atoms with Crippen molar-refractivity contribution in [1.82, 2.24) is 40.0 Å². The number of carbonyl (C=O) groups excluding carboxylic acids is 4. The van der Waals surface area contributed by atoms with E-state index in [9.17, 15) is 46.6 Å². The van der Waals surface area contributed by atoms with Gasteiger partial charge < -0.3 is 60.2 Å². The van der Waals surface area contributed by atoms with Crippen LogP contribution < -0.4 is 47.2 Å². The number of ether oxygens (including phenoxy) is 3. The minimum atomic E-state index is -5.19. The summed E-state index contributed by atoms with van der Waals surface area (Å²) in [6.07, 6.45) is -4.18. The fraction of sp³-hybridized carbons (Fsp3) is 0.352. The molecule has 0 radical (unpaired) electrons. The topological polar surface area (TPSA) is 301 Å². The van der Waals surface area contributed by atoms with Gasteiger partial charge in [-0.1, -0.05) is 30.0 Å². The molecule has 2 aliphatic rings. The van der Waals surface area contributed by atoms with Gasteiger partial charge in [0.2, 0.25) is 23.1 Å². The fourth-order valence-electron chi connectivity index (χ4n) is 7.94. The zero-order valence-corrected chi connectivity index (χ0v) is 45.6. The quantitative estimate of drug-likeness (QED) is 0.0157. The molecule has 432 valence electrons. The number of rotatable bonds is 25. The predicted molar refractivity (Wildman–Crippen MR) is 291 cm³/mol. The van der Waals surface area contributed by atoms with E-state index in [0.717, 1.165) is 33.8 Å². The number of alkyl halides is 3. The van der Waals surface area contributed by atoms with Crippen molar-refractivity contribution >= 4 is 75.2 Å². The van der Waals surface area contributed by atoms with E-state index < -0.39 is 53.3 Å². The highest BCUT2D eigenvalue weighted by molar-refractivity contribution is 7.99. The van der Waals surface area contributed by atoms with Crippen molar-refractivity contribution in [3.8, 4) is 22.5 Å². The number of fused-ring (bicyclic) bond motifs is 3. The fourth-order valence-corrected chi connectivity index (χ4v) is 8.96. The van der Waals surface area contributed by atoms with Crippen LogP contribution in [-0.4, -0.2) is 153 Å². The second-order valence-electron chi connectivity index (χ2n) is 18.4. The molecule has 22 nitrogen and oxygen atoms in total. The Morgan fingerprint density at radius 2 is 1.51 bits per heavy atom. The molecule has 27 heteroatoms. The maximum absolute atomic E-state index is 13.6. The Morgan fingerprint density at radius 1 is 0.877 bits per heavy atom. The van der Waals surface area contributed by atoms with Crippen molar-refractivity contribution in [3.05, 3.63) is 117 Å². The van der Waals surface area contributed by atoms with E-state index in [2.05, 4.69) is 30.9 Å². The van der Waals surface area contributed by atoms with Gasteiger partial charge in [0.1, 0.15) is 43.3 Å². The minimum absolute atomic E-state index is 0.0113. The Hall–Kier alpha value is -8.40. The maximum atomic E-state index is 13.6. The molecule has 1 atom stereocenters. The molecule has 1 unspecified atom stereocenters. The summed E-state index contributed by atoms with van der Waals surface area (Å²) in [7, 11) is 7.74. The first-order valence-corrected chi connectivity index (χ1v) is 26.0. The second-order valence-corrected chi connectivity index (χ2v) is 19.4. The number of H-pyrrole nitrogens is 1. The number of aromatic amines is 1. The number of benzene rings is 4. The molecule has 0 spiro atoms. The maximum Gasteiger partial charge on any atom is 0.430 e. The average molecular weight is 1150 g/mol. The number of aliphatic carboxylic acids is 1. The van der Waals surface area contributed by atoms with Crippen LogP contribution in [0.5, 0.6) is 0 Å². The molecule has 3 heterocycles. The lowest BCUT2D eigenvalue weighted by molar-refractivity contribution is -0.344. The lowest BCUT2D eigenvalue weighted by atomic mass is 9.89. The highest BCUT2D eigenvalue weighted by Gasteiger charge is 2.29. The van der Waals surface area contributed by atoms with E-state index in [1.165, 1.54) is 25.1 Å². The van der Waals surface area contributed by atoms with Crippen molar-refractivity contribution < 1.29 is 70.4 Å². The summed E-state index contributed by atoms with van der Waals surface area (Å²) >= 11 is 1.14. The van der Waals surface area contributed by atoms with Crippen LogP contribution in [-0.2, 0) is 35.1 Å². The van der Waals surface area contributed by atoms with Crippen molar-refractivity contribution in [2.45, 2.75) is 43.7 Å². The highest BCUT2D eigenvalue weighted by atomic mass is 32.2. The van der Waals surface area contributed by atoms with E-state index in [0.29, 0.717) is 92.2 Å². The Kier molecular flexibility index (Phi) is 21.9. The average Bonchev–Trinajstić information content (AvgIpc) is 3.76. The number of halogens is 4. The zero-order valence-electron chi connectivity index (χ0n) is 44.7. The van der Waals surface area contributed by atoms with Crippen molar-refractivity contribution in [3.63, 3.8) is 0 Å². The first-order chi connectivity index (χ1) is 38.5. The predicted octanol–water partition coefficient (Wildman–Crippen LogP) is 3.47. The van der Waals surface area contributed by atoms with E-state index in [4.69, 9.17) is 34.3 Å². The second kappa shape index (κ2) is 28.7. The van der Waals surface area contributed by atoms with Crippen molar-refractivity contribution in [2.75, 3.05) is 97.3 Å². The Morgan fingerprint density at radius 3 is 2.11 bits per heavy atom. The standard InChI is InChI=1S/C52H59FN10O10S.C2HF3O2/c1-31(64)57-41(30-74-52-58-45-46(59-51(54)60-49(45)67)63(52)29-32-8-11-34(53)12-9-32)48(66)56-19-7-21-71-23-25-72-24-22-70-20-6-18-55-47(65)33-10-15-37(40(26-33)50(68)69)44-38-16-13-35(61(2)3)27-42(38)73-43-28-36(62(4)5)14-17-39(43)44;3-2(4,5)1(6)7/h8-17,26-28,41H,6-7,18-25,29-30H2,1-5H3,(H6-,54,55,56,57,59,60,64,65,66,67,68,69);(H,6,7). The molecular weight excluding hydrogens is 1090 g/mol. The van der Waals surface area contributed by atoms with Gasteiger partial charge in [-0.05, 0) is 66.4 Å². The first-order valence-electron chi connectivity index (χ1n) is 25.1. The number of thioether (sulfide) groups is 1. The van der Waals surface area contributed by atoms with E-state index in [1.54, 1.807) is 28.8 Å². The summed E-state index contributed by atoms with van der Waals surface area (Å²) < 4.78 is 72.1.